The molecule has 1 unspecified atom stereocenters. The second-order valence-corrected chi connectivity index (χ2v) is 6.98. The first kappa shape index (κ1) is 17.2. The molecule has 130 valence electrons. The van der Waals surface area contributed by atoms with Crippen LogP contribution in [0.4, 0.5) is 0 Å². The van der Waals surface area contributed by atoms with Crippen LogP contribution < -0.4 is 0 Å². The van der Waals surface area contributed by atoms with Gasteiger partial charge in [0.2, 0.25) is 5.91 Å². The van der Waals surface area contributed by atoms with E-state index in [0.717, 1.165) is 12.8 Å². The average Bonchev–Trinajstić information content (AvgIpc) is 2.61. The van der Waals surface area contributed by atoms with Crippen molar-refractivity contribution in [2.75, 3.05) is 32.8 Å². The standard InChI is InChI=1S/C18H23ClN2O3/c1-13-12-21(10-11-24-13)18(23)15-6-8-20(9-7-15)17(22)14-2-4-16(19)5-3-14/h2-5,13,15H,6-12H2,1H3. The van der Waals surface area contributed by atoms with Crippen LogP contribution in [0.1, 0.15) is 30.1 Å². The second-order valence-electron chi connectivity index (χ2n) is 6.54. The van der Waals surface area contributed by atoms with Crippen LogP contribution in [0.2, 0.25) is 5.02 Å². The summed E-state index contributed by atoms with van der Waals surface area (Å²) in [4.78, 5) is 28.9. The van der Waals surface area contributed by atoms with Gasteiger partial charge >= 0.3 is 0 Å². The number of rotatable bonds is 2. The van der Waals surface area contributed by atoms with E-state index in [1.165, 1.54) is 0 Å². The Morgan fingerprint density at radius 3 is 2.38 bits per heavy atom. The Bertz CT molecular complexity index is 597. The molecule has 2 aliphatic heterocycles. The van der Waals surface area contributed by atoms with Crippen molar-refractivity contribution >= 4 is 23.4 Å². The minimum absolute atomic E-state index is 0.0116. The number of morpholine rings is 1. The zero-order chi connectivity index (χ0) is 17.1. The zero-order valence-electron chi connectivity index (χ0n) is 13.9. The number of amides is 2. The number of likely N-dealkylation sites (tertiary alicyclic amines) is 1. The average molecular weight is 351 g/mol. The fourth-order valence-electron chi connectivity index (χ4n) is 3.38. The van der Waals surface area contributed by atoms with Gasteiger partial charge in [0, 0.05) is 42.7 Å². The Kier molecular flexibility index (Phi) is 5.41. The molecule has 2 amide bonds. The summed E-state index contributed by atoms with van der Waals surface area (Å²) < 4.78 is 5.50. The first-order chi connectivity index (χ1) is 11.5. The van der Waals surface area contributed by atoms with Gasteiger partial charge in [-0.1, -0.05) is 11.6 Å². The van der Waals surface area contributed by atoms with Gasteiger partial charge in [0.25, 0.3) is 5.91 Å². The van der Waals surface area contributed by atoms with E-state index in [1.807, 2.05) is 16.7 Å². The first-order valence-electron chi connectivity index (χ1n) is 8.50. The topological polar surface area (TPSA) is 49.9 Å². The van der Waals surface area contributed by atoms with Crippen LogP contribution in [0.15, 0.2) is 24.3 Å². The Balaban J connectivity index is 1.54. The highest BCUT2D eigenvalue weighted by molar-refractivity contribution is 6.30. The number of hydrogen-bond donors (Lipinski definition) is 0. The molecule has 0 bridgehead atoms. The van der Waals surface area contributed by atoms with E-state index < -0.39 is 0 Å². The Morgan fingerprint density at radius 2 is 1.75 bits per heavy atom. The second kappa shape index (κ2) is 7.53. The lowest BCUT2D eigenvalue weighted by molar-refractivity contribution is -0.143. The van der Waals surface area contributed by atoms with Gasteiger partial charge in [0.15, 0.2) is 0 Å². The smallest absolute Gasteiger partial charge is 0.253 e. The number of benzene rings is 1. The van der Waals surface area contributed by atoms with Gasteiger partial charge < -0.3 is 14.5 Å². The van der Waals surface area contributed by atoms with E-state index in [2.05, 4.69) is 0 Å². The molecule has 2 fully saturated rings. The minimum atomic E-state index is 0.0116. The van der Waals surface area contributed by atoms with Crippen molar-refractivity contribution in [2.24, 2.45) is 5.92 Å². The van der Waals surface area contributed by atoms with Crippen LogP contribution in [0, 0.1) is 5.92 Å². The molecule has 1 aromatic rings. The molecule has 5 nitrogen and oxygen atoms in total. The summed E-state index contributed by atoms with van der Waals surface area (Å²) in [6, 6.07) is 6.95. The third kappa shape index (κ3) is 3.90. The van der Waals surface area contributed by atoms with Crippen molar-refractivity contribution in [1.29, 1.82) is 0 Å². The number of carbonyl (C=O) groups is 2. The van der Waals surface area contributed by atoms with Crippen molar-refractivity contribution in [2.45, 2.75) is 25.9 Å². The van der Waals surface area contributed by atoms with E-state index in [-0.39, 0.29) is 23.8 Å². The number of carbonyl (C=O) groups excluding carboxylic acids is 2. The van der Waals surface area contributed by atoms with Gasteiger partial charge in [-0.3, -0.25) is 9.59 Å². The van der Waals surface area contributed by atoms with Gasteiger partial charge in [-0.2, -0.15) is 0 Å². The van der Waals surface area contributed by atoms with Crippen LogP contribution in [-0.4, -0.2) is 60.5 Å². The van der Waals surface area contributed by atoms with Gasteiger partial charge in [-0.05, 0) is 44.0 Å². The van der Waals surface area contributed by atoms with Crippen LogP contribution in [0.5, 0.6) is 0 Å². The van der Waals surface area contributed by atoms with Crippen molar-refractivity contribution < 1.29 is 14.3 Å². The quantitative estimate of drug-likeness (QED) is 0.823. The van der Waals surface area contributed by atoms with Crippen LogP contribution in [-0.2, 0) is 9.53 Å². The molecule has 0 saturated carbocycles. The molecule has 2 saturated heterocycles. The molecule has 0 radical (unpaired) electrons. The number of halogens is 1. The van der Waals surface area contributed by atoms with Crippen molar-refractivity contribution in [3.05, 3.63) is 34.9 Å². The molecule has 2 aliphatic rings. The number of ether oxygens (including phenoxy) is 1. The molecule has 0 aromatic heterocycles. The molecule has 0 N–H and O–H groups in total. The van der Waals surface area contributed by atoms with E-state index in [1.54, 1.807) is 24.3 Å². The monoisotopic (exact) mass is 350 g/mol. The highest BCUT2D eigenvalue weighted by Crippen LogP contribution is 2.22. The maximum Gasteiger partial charge on any atom is 0.253 e. The van der Waals surface area contributed by atoms with E-state index in [0.29, 0.717) is 43.4 Å². The fraction of sp³-hybridized carbons (Fsp3) is 0.556. The fourth-order valence-corrected chi connectivity index (χ4v) is 3.51. The summed E-state index contributed by atoms with van der Waals surface area (Å²) in [5.74, 6) is 0.242. The summed E-state index contributed by atoms with van der Waals surface area (Å²) in [5.41, 5.74) is 0.645. The lowest BCUT2D eigenvalue weighted by atomic mass is 9.94. The molecule has 2 heterocycles. The summed E-state index contributed by atoms with van der Waals surface area (Å²) in [6.45, 7) is 5.19. The van der Waals surface area contributed by atoms with Crippen molar-refractivity contribution in [3.63, 3.8) is 0 Å². The summed E-state index contributed by atoms with van der Waals surface area (Å²) in [5, 5.41) is 0.621. The third-order valence-corrected chi connectivity index (χ3v) is 5.03. The highest BCUT2D eigenvalue weighted by atomic mass is 35.5. The van der Waals surface area contributed by atoms with E-state index in [9.17, 15) is 9.59 Å². The summed E-state index contributed by atoms with van der Waals surface area (Å²) >= 11 is 5.86. The first-order valence-corrected chi connectivity index (χ1v) is 8.87. The maximum atomic E-state index is 12.6. The summed E-state index contributed by atoms with van der Waals surface area (Å²) in [6.07, 6.45) is 1.56. The molecule has 3 rings (SSSR count). The normalized spacial score (nSPS) is 22.5. The third-order valence-electron chi connectivity index (χ3n) is 4.78. The van der Waals surface area contributed by atoms with E-state index in [4.69, 9.17) is 16.3 Å². The van der Waals surface area contributed by atoms with Gasteiger partial charge in [-0.25, -0.2) is 0 Å². The molecule has 0 spiro atoms. The Hall–Kier alpha value is -1.59. The minimum Gasteiger partial charge on any atom is -0.375 e. The van der Waals surface area contributed by atoms with E-state index >= 15 is 0 Å². The lowest BCUT2D eigenvalue weighted by Gasteiger charge is -2.37. The van der Waals surface area contributed by atoms with Crippen molar-refractivity contribution in [3.8, 4) is 0 Å². The molecule has 24 heavy (non-hydrogen) atoms. The molecule has 1 aromatic carbocycles. The number of nitrogens with zero attached hydrogens (tertiary/aromatic N) is 2. The van der Waals surface area contributed by atoms with Gasteiger partial charge in [0.05, 0.1) is 12.7 Å². The van der Waals surface area contributed by atoms with Gasteiger partial charge in [-0.15, -0.1) is 0 Å². The highest BCUT2D eigenvalue weighted by Gasteiger charge is 2.32. The SMILES string of the molecule is CC1CN(C(=O)C2CCN(C(=O)c3ccc(Cl)cc3)CC2)CCO1. The molecular weight excluding hydrogens is 328 g/mol. The molecular formula is C18H23ClN2O3. The van der Waals surface area contributed by atoms with Crippen LogP contribution in [0.3, 0.4) is 0 Å². The maximum absolute atomic E-state index is 12.6. The predicted octanol–water partition coefficient (Wildman–Crippen LogP) is 2.44. The predicted molar refractivity (Wildman–Crippen MR) is 92.1 cm³/mol. The summed E-state index contributed by atoms with van der Waals surface area (Å²) in [7, 11) is 0. The van der Waals surface area contributed by atoms with Crippen LogP contribution >= 0.6 is 11.6 Å². The Labute approximate surface area is 147 Å². The van der Waals surface area contributed by atoms with Gasteiger partial charge in [0.1, 0.15) is 0 Å². The molecule has 1 atom stereocenters. The van der Waals surface area contributed by atoms with Crippen LogP contribution in [0.25, 0.3) is 0 Å². The molecule has 6 heteroatoms. The number of piperidine rings is 1. The number of hydrogen-bond acceptors (Lipinski definition) is 3. The largest absolute Gasteiger partial charge is 0.375 e. The Morgan fingerprint density at radius 1 is 1.08 bits per heavy atom. The lowest BCUT2D eigenvalue weighted by Crippen LogP contribution is -2.49. The zero-order valence-corrected chi connectivity index (χ0v) is 14.7. The molecule has 0 aliphatic carbocycles. The van der Waals surface area contributed by atoms with Crippen molar-refractivity contribution in [1.82, 2.24) is 9.80 Å².